The first kappa shape index (κ1) is 7.58. The lowest BCUT2D eigenvalue weighted by molar-refractivity contribution is 0.0167. The van der Waals surface area contributed by atoms with Gasteiger partial charge in [0.1, 0.15) is 0 Å². The lowest BCUT2D eigenvalue weighted by atomic mass is 10.1. The lowest BCUT2D eigenvalue weighted by Crippen LogP contribution is -2.00. The molecule has 1 unspecified atom stereocenters. The van der Waals surface area contributed by atoms with Gasteiger partial charge in [-0.2, -0.15) is 0 Å². The molecular formula is C8H13FO. The molecule has 0 amide bonds. The van der Waals surface area contributed by atoms with E-state index in [1.165, 1.54) is 6.26 Å². The van der Waals surface area contributed by atoms with Crippen molar-refractivity contribution >= 4 is 0 Å². The molecule has 10 heavy (non-hydrogen) atoms. The highest BCUT2D eigenvalue weighted by Crippen LogP contribution is 2.12. The van der Waals surface area contributed by atoms with Crippen molar-refractivity contribution in [3.05, 3.63) is 12.3 Å². The van der Waals surface area contributed by atoms with E-state index >= 15 is 0 Å². The van der Waals surface area contributed by atoms with Crippen LogP contribution in [0, 0.1) is 0 Å². The Morgan fingerprint density at radius 1 is 1.30 bits per heavy atom. The standard InChI is InChI=1S/C8H13FO/c9-8-6-4-2-1-3-5-7-10-8/h5,7-8H,1-4,6H2/b7-5-. The number of halogens is 1. The molecule has 1 heterocycles. The highest BCUT2D eigenvalue weighted by atomic mass is 19.1. The van der Waals surface area contributed by atoms with E-state index in [2.05, 4.69) is 0 Å². The van der Waals surface area contributed by atoms with Crippen LogP contribution in [0.25, 0.3) is 0 Å². The van der Waals surface area contributed by atoms with Crippen molar-refractivity contribution < 1.29 is 9.13 Å². The van der Waals surface area contributed by atoms with Gasteiger partial charge in [0.2, 0.25) is 6.36 Å². The van der Waals surface area contributed by atoms with Crippen LogP contribution >= 0.6 is 0 Å². The second-order valence-electron chi connectivity index (χ2n) is 2.56. The summed E-state index contributed by atoms with van der Waals surface area (Å²) in [7, 11) is 0. The Kier molecular flexibility index (Phi) is 3.27. The predicted octanol–water partition coefficient (Wildman–Crippen LogP) is 2.78. The summed E-state index contributed by atoms with van der Waals surface area (Å²) in [6, 6.07) is 0. The second-order valence-corrected chi connectivity index (χ2v) is 2.56. The SMILES string of the molecule is FC1CCCCC/C=C\O1. The monoisotopic (exact) mass is 144 g/mol. The van der Waals surface area contributed by atoms with Gasteiger partial charge in [-0.15, -0.1) is 0 Å². The van der Waals surface area contributed by atoms with Crippen molar-refractivity contribution in [1.29, 1.82) is 0 Å². The van der Waals surface area contributed by atoms with Gasteiger partial charge in [0.05, 0.1) is 6.26 Å². The van der Waals surface area contributed by atoms with E-state index in [4.69, 9.17) is 4.74 Å². The maximum Gasteiger partial charge on any atom is 0.237 e. The smallest absolute Gasteiger partial charge is 0.237 e. The van der Waals surface area contributed by atoms with E-state index in [1.54, 1.807) is 0 Å². The molecular weight excluding hydrogens is 131 g/mol. The fourth-order valence-corrected chi connectivity index (χ4v) is 1.02. The van der Waals surface area contributed by atoms with E-state index in [0.717, 1.165) is 25.7 Å². The molecule has 0 aliphatic carbocycles. The van der Waals surface area contributed by atoms with E-state index in [1.807, 2.05) is 6.08 Å². The Hall–Kier alpha value is -0.530. The van der Waals surface area contributed by atoms with Gasteiger partial charge in [0.15, 0.2) is 0 Å². The van der Waals surface area contributed by atoms with Crippen LogP contribution in [0.15, 0.2) is 12.3 Å². The molecule has 0 saturated heterocycles. The predicted molar refractivity (Wildman–Crippen MR) is 38.2 cm³/mol. The average molecular weight is 144 g/mol. The van der Waals surface area contributed by atoms with Crippen LogP contribution in [-0.4, -0.2) is 6.36 Å². The summed E-state index contributed by atoms with van der Waals surface area (Å²) in [5, 5.41) is 0. The first-order chi connectivity index (χ1) is 4.89. The molecule has 0 bridgehead atoms. The molecule has 1 rings (SSSR count). The molecule has 0 aromatic rings. The van der Waals surface area contributed by atoms with Crippen molar-refractivity contribution in [1.82, 2.24) is 0 Å². The van der Waals surface area contributed by atoms with Gasteiger partial charge in [-0.3, -0.25) is 0 Å². The second kappa shape index (κ2) is 4.31. The Bertz CT molecular complexity index is 112. The first-order valence-corrected chi connectivity index (χ1v) is 3.84. The van der Waals surface area contributed by atoms with Crippen molar-refractivity contribution in [2.75, 3.05) is 0 Å². The highest BCUT2D eigenvalue weighted by molar-refractivity contribution is 4.74. The zero-order valence-electron chi connectivity index (χ0n) is 6.05. The van der Waals surface area contributed by atoms with Crippen LogP contribution in [-0.2, 0) is 4.74 Å². The third kappa shape index (κ3) is 2.85. The van der Waals surface area contributed by atoms with Crippen molar-refractivity contribution in [3.63, 3.8) is 0 Å². The Labute approximate surface area is 60.9 Å². The number of alkyl halides is 1. The van der Waals surface area contributed by atoms with Gasteiger partial charge in [0.25, 0.3) is 0 Å². The molecule has 0 N–H and O–H groups in total. The van der Waals surface area contributed by atoms with Crippen LogP contribution in [0.3, 0.4) is 0 Å². The van der Waals surface area contributed by atoms with Crippen LogP contribution in [0.2, 0.25) is 0 Å². The summed E-state index contributed by atoms with van der Waals surface area (Å²) < 4.78 is 17.2. The van der Waals surface area contributed by atoms with Gasteiger partial charge in [-0.25, -0.2) is 4.39 Å². The van der Waals surface area contributed by atoms with Crippen molar-refractivity contribution in [2.24, 2.45) is 0 Å². The number of hydrogen-bond donors (Lipinski definition) is 0. The molecule has 0 spiro atoms. The highest BCUT2D eigenvalue weighted by Gasteiger charge is 2.04. The van der Waals surface area contributed by atoms with E-state index in [0.29, 0.717) is 6.42 Å². The zero-order chi connectivity index (χ0) is 7.23. The number of hydrogen-bond acceptors (Lipinski definition) is 1. The molecule has 2 heteroatoms. The van der Waals surface area contributed by atoms with E-state index < -0.39 is 6.36 Å². The molecule has 1 aliphatic heterocycles. The van der Waals surface area contributed by atoms with Crippen LogP contribution in [0.1, 0.15) is 32.1 Å². The van der Waals surface area contributed by atoms with Crippen LogP contribution < -0.4 is 0 Å². The minimum absolute atomic E-state index is 0.546. The Balaban J connectivity index is 2.26. The summed E-state index contributed by atoms with van der Waals surface area (Å²) in [6.45, 7) is 0. The van der Waals surface area contributed by atoms with Gasteiger partial charge in [0, 0.05) is 6.42 Å². The van der Waals surface area contributed by atoms with E-state index in [9.17, 15) is 4.39 Å². The largest absolute Gasteiger partial charge is 0.468 e. The topological polar surface area (TPSA) is 9.23 Å². The summed E-state index contributed by atoms with van der Waals surface area (Å²) in [5.74, 6) is 0. The fraction of sp³-hybridized carbons (Fsp3) is 0.750. The zero-order valence-corrected chi connectivity index (χ0v) is 6.05. The molecule has 1 nitrogen and oxygen atoms in total. The molecule has 1 aliphatic rings. The minimum atomic E-state index is -1.07. The summed E-state index contributed by atoms with van der Waals surface area (Å²) >= 11 is 0. The third-order valence-electron chi connectivity index (χ3n) is 1.62. The molecule has 0 aromatic heterocycles. The molecule has 58 valence electrons. The summed E-state index contributed by atoms with van der Waals surface area (Å²) in [6.07, 6.45) is 7.09. The number of ether oxygens (including phenoxy) is 1. The van der Waals surface area contributed by atoms with Gasteiger partial charge in [-0.05, 0) is 25.3 Å². The maximum atomic E-state index is 12.5. The van der Waals surface area contributed by atoms with Crippen LogP contribution in [0.5, 0.6) is 0 Å². The maximum absolute atomic E-state index is 12.5. The average Bonchev–Trinajstić information content (AvgIpc) is 2.02. The number of rotatable bonds is 0. The lowest BCUT2D eigenvalue weighted by Gasteiger charge is -2.04. The number of allylic oxidation sites excluding steroid dienone is 1. The third-order valence-corrected chi connectivity index (χ3v) is 1.62. The molecule has 0 radical (unpaired) electrons. The molecule has 0 saturated carbocycles. The first-order valence-electron chi connectivity index (χ1n) is 3.84. The van der Waals surface area contributed by atoms with Gasteiger partial charge in [-0.1, -0.05) is 6.42 Å². The van der Waals surface area contributed by atoms with Crippen molar-refractivity contribution in [2.45, 2.75) is 38.5 Å². The van der Waals surface area contributed by atoms with Crippen LogP contribution in [0.4, 0.5) is 4.39 Å². The summed E-state index contributed by atoms with van der Waals surface area (Å²) in [5.41, 5.74) is 0. The molecule has 0 aromatic carbocycles. The van der Waals surface area contributed by atoms with Gasteiger partial charge >= 0.3 is 0 Å². The molecule has 1 atom stereocenters. The van der Waals surface area contributed by atoms with E-state index in [-0.39, 0.29) is 0 Å². The minimum Gasteiger partial charge on any atom is -0.468 e. The fourth-order valence-electron chi connectivity index (χ4n) is 1.02. The Morgan fingerprint density at radius 3 is 3.10 bits per heavy atom. The molecule has 0 fully saturated rings. The summed E-state index contributed by atoms with van der Waals surface area (Å²) in [4.78, 5) is 0. The van der Waals surface area contributed by atoms with Gasteiger partial charge < -0.3 is 4.74 Å². The Morgan fingerprint density at radius 2 is 2.20 bits per heavy atom. The quantitative estimate of drug-likeness (QED) is 0.508. The van der Waals surface area contributed by atoms with Crippen molar-refractivity contribution in [3.8, 4) is 0 Å². The normalized spacial score (nSPS) is 31.1.